The molecule has 0 bridgehead atoms. The predicted octanol–water partition coefficient (Wildman–Crippen LogP) is 2.22. The van der Waals surface area contributed by atoms with Crippen LogP contribution in [0.4, 0.5) is 9.18 Å². The van der Waals surface area contributed by atoms with Gasteiger partial charge < -0.3 is 15.0 Å². The van der Waals surface area contributed by atoms with E-state index >= 15 is 0 Å². The minimum atomic E-state index is -0.828. The first-order chi connectivity index (χ1) is 10.5. The van der Waals surface area contributed by atoms with Crippen molar-refractivity contribution in [2.75, 3.05) is 19.7 Å². The molecule has 1 N–H and O–H groups in total. The van der Waals surface area contributed by atoms with E-state index in [-0.39, 0.29) is 22.9 Å². The molecule has 0 aromatic carbocycles. The smallest absolute Gasteiger partial charge is 0.409 e. The van der Waals surface area contributed by atoms with E-state index in [1.54, 1.807) is 11.8 Å². The Kier molecular flexibility index (Phi) is 5.54. The molecule has 0 radical (unpaired) electrons. The number of carbonyl (C=O) groups is 2. The molecule has 6 nitrogen and oxygen atoms in total. The molecule has 8 heteroatoms. The number of hydrogen-bond acceptors (Lipinski definition) is 4. The summed E-state index contributed by atoms with van der Waals surface area (Å²) in [6, 6.07) is 1.16. The molecule has 2 amide bonds. The highest BCUT2D eigenvalue weighted by Gasteiger charge is 2.25. The summed E-state index contributed by atoms with van der Waals surface area (Å²) in [5.41, 5.74) is -0.132. The van der Waals surface area contributed by atoms with Crippen LogP contribution in [0.25, 0.3) is 0 Å². The minimum absolute atomic E-state index is 0.121. The molecule has 0 unspecified atom stereocenters. The van der Waals surface area contributed by atoms with E-state index in [1.165, 1.54) is 12.3 Å². The fourth-order valence-corrected chi connectivity index (χ4v) is 2.44. The summed E-state index contributed by atoms with van der Waals surface area (Å²) in [6.07, 6.45) is 2.11. The van der Waals surface area contributed by atoms with Crippen LogP contribution < -0.4 is 5.32 Å². The zero-order valence-electron chi connectivity index (χ0n) is 12.1. The molecular formula is C14H17ClFN3O3. The second-order valence-electron chi connectivity index (χ2n) is 4.90. The Hall–Kier alpha value is -1.89. The molecule has 1 aromatic heterocycles. The summed E-state index contributed by atoms with van der Waals surface area (Å²) in [5, 5.41) is 2.42. The van der Waals surface area contributed by atoms with E-state index in [0.717, 1.165) is 0 Å². The van der Waals surface area contributed by atoms with Crippen LogP contribution in [0.15, 0.2) is 12.3 Å². The van der Waals surface area contributed by atoms with Crippen LogP contribution >= 0.6 is 11.6 Å². The van der Waals surface area contributed by atoms with Crippen LogP contribution in [0.5, 0.6) is 0 Å². The molecule has 0 spiro atoms. The summed E-state index contributed by atoms with van der Waals surface area (Å²) < 4.78 is 18.7. The molecule has 1 fully saturated rings. The number of halogens is 2. The normalized spacial score (nSPS) is 15.5. The number of likely N-dealkylation sites (tertiary alicyclic amines) is 1. The lowest BCUT2D eigenvalue weighted by Crippen LogP contribution is -2.46. The average molecular weight is 330 g/mol. The fourth-order valence-electron chi connectivity index (χ4n) is 2.28. The second-order valence-corrected chi connectivity index (χ2v) is 5.26. The van der Waals surface area contributed by atoms with Crippen molar-refractivity contribution in [3.05, 3.63) is 28.8 Å². The number of nitrogens with one attached hydrogen (secondary N) is 1. The van der Waals surface area contributed by atoms with Gasteiger partial charge in [-0.2, -0.15) is 0 Å². The first-order valence-corrected chi connectivity index (χ1v) is 7.43. The van der Waals surface area contributed by atoms with Crippen molar-refractivity contribution in [3.8, 4) is 0 Å². The highest BCUT2D eigenvalue weighted by atomic mass is 35.5. The van der Waals surface area contributed by atoms with Crippen molar-refractivity contribution >= 4 is 23.6 Å². The maximum atomic E-state index is 13.7. The third-order valence-corrected chi connectivity index (χ3v) is 3.71. The van der Waals surface area contributed by atoms with Crippen LogP contribution in [-0.2, 0) is 4.74 Å². The number of aromatic nitrogens is 1. The minimum Gasteiger partial charge on any atom is -0.450 e. The molecule has 1 aliphatic heterocycles. The van der Waals surface area contributed by atoms with Crippen molar-refractivity contribution in [2.24, 2.45) is 0 Å². The SMILES string of the molecule is CCOC(=O)N1CCC(NC(=O)c2ccnc(Cl)c2F)CC1. The third-order valence-electron chi connectivity index (χ3n) is 3.45. The topological polar surface area (TPSA) is 71.5 Å². The first kappa shape index (κ1) is 16.5. The summed E-state index contributed by atoms with van der Waals surface area (Å²) in [4.78, 5) is 28.8. The van der Waals surface area contributed by atoms with Gasteiger partial charge in [0.05, 0.1) is 12.2 Å². The lowest BCUT2D eigenvalue weighted by Gasteiger charge is -2.31. The van der Waals surface area contributed by atoms with E-state index in [0.29, 0.717) is 32.5 Å². The van der Waals surface area contributed by atoms with E-state index in [1.807, 2.05) is 0 Å². The van der Waals surface area contributed by atoms with Gasteiger partial charge in [0.15, 0.2) is 11.0 Å². The van der Waals surface area contributed by atoms with Gasteiger partial charge in [0.1, 0.15) is 0 Å². The van der Waals surface area contributed by atoms with Gasteiger partial charge in [-0.15, -0.1) is 0 Å². The molecule has 0 saturated carbocycles. The lowest BCUT2D eigenvalue weighted by atomic mass is 10.0. The Balaban J connectivity index is 1.89. The van der Waals surface area contributed by atoms with Crippen LogP contribution in [0.3, 0.4) is 0 Å². The zero-order valence-corrected chi connectivity index (χ0v) is 12.9. The average Bonchev–Trinajstić information content (AvgIpc) is 2.51. The van der Waals surface area contributed by atoms with Gasteiger partial charge in [-0.1, -0.05) is 11.6 Å². The number of carbonyl (C=O) groups excluding carboxylic acids is 2. The Morgan fingerprint density at radius 2 is 2.18 bits per heavy atom. The quantitative estimate of drug-likeness (QED) is 0.863. The van der Waals surface area contributed by atoms with Crippen LogP contribution in [0.2, 0.25) is 5.15 Å². The van der Waals surface area contributed by atoms with Crippen molar-refractivity contribution in [1.29, 1.82) is 0 Å². The maximum Gasteiger partial charge on any atom is 0.409 e. The van der Waals surface area contributed by atoms with E-state index in [2.05, 4.69) is 10.3 Å². The van der Waals surface area contributed by atoms with Gasteiger partial charge in [0, 0.05) is 25.3 Å². The van der Waals surface area contributed by atoms with Gasteiger partial charge >= 0.3 is 6.09 Å². The Labute approximate surface area is 132 Å². The van der Waals surface area contributed by atoms with Gasteiger partial charge in [0.2, 0.25) is 0 Å². The molecule has 120 valence electrons. The monoisotopic (exact) mass is 329 g/mol. The van der Waals surface area contributed by atoms with Gasteiger partial charge in [-0.05, 0) is 25.8 Å². The second kappa shape index (κ2) is 7.40. The molecular weight excluding hydrogens is 313 g/mol. The largest absolute Gasteiger partial charge is 0.450 e. The Bertz CT molecular complexity index is 562. The van der Waals surface area contributed by atoms with Gasteiger partial charge in [0.25, 0.3) is 5.91 Å². The summed E-state index contributed by atoms with van der Waals surface area (Å²) >= 11 is 5.56. The van der Waals surface area contributed by atoms with Crippen LogP contribution in [-0.4, -0.2) is 47.6 Å². The number of amides is 2. The summed E-state index contributed by atoms with van der Waals surface area (Å²) in [5.74, 6) is -1.36. The predicted molar refractivity (Wildman–Crippen MR) is 78.3 cm³/mol. The van der Waals surface area contributed by atoms with E-state index in [4.69, 9.17) is 16.3 Å². The fraction of sp³-hybridized carbons (Fsp3) is 0.500. The van der Waals surface area contributed by atoms with Crippen molar-refractivity contribution in [2.45, 2.75) is 25.8 Å². The van der Waals surface area contributed by atoms with Crippen LogP contribution in [0.1, 0.15) is 30.1 Å². The van der Waals surface area contributed by atoms with E-state index in [9.17, 15) is 14.0 Å². The number of hydrogen-bond donors (Lipinski definition) is 1. The molecule has 0 atom stereocenters. The van der Waals surface area contributed by atoms with Crippen molar-refractivity contribution < 1.29 is 18.7 Å². The standard InChI is InChI=1S/C14H17ClFN3O3/c1-2-22-14(21)19-7-4-9(5-8-19)18-13(20)10-3-6-17-12(15)11(10)16/h3,6,9H,2,4-5,7-8H2,1H3,(H,18,20). The Morgan fingerprint density at radius 1 is 1.50 bits per heavy atom. The van der Waals surface area contributed by atoms with Gasteiger partial charge in [-0.3, -0.25) is 4.79 Å². The van der Waals surface area contributed by atoms with E-state index < -0.39 is 11.7 Å². The number of piperidine rings is 1. The number of ether oxygens (including phenoxy) is 1. The number of pyridine rings is 1. The third kappa shape index (κ3) is 3.85. The first-order valence-electron chi connectivity index (χ1n) is 7.05. The molecule has 0 aliphatic carbocycles. The molecule has 1 aliphatic rings. The lowest BCUT2D eigenvalue weighted by molar-refractivity contribution is 0.0857. The number of rotatable bonds is 3. The highest BCUT2D eigenvalue weighted by molar-refractivity contribution is 6.29. The van der Waals surface area contributed by atoms with Gasteiger partial charge in [-0.25, -0.2) is 14.2 Å². The van der Waals surface area contributed by atoms with Crippen molar-refractivity contribution in [3.63, 3.8) is 0 Å². The Morgan fingerprint density at radius 3 is 2.82 bits per heavy atom. The number of nitrogens with zero attached hydrogens (tertiary/aromatic N) is 2. The summed E-state index contributed by atoms with van der Waals surface area (Å²) in [6.45, 7) is 3.06. The molecule has 2 rings (SSSR count). The summed E-state index contributed by atoms with van der Waals surface area (Å²) in [7, 11) is 0. The molecule has 1 saturated heterocycles. The maximum absolute atomic E-state index is 13.7. The van der Waals surface area contributed by atoms with Crippen LogP contribution in [0, 0.1) is 5.82 Å². The zero-order chi connectivity index (χ0) is 16.1. The highest BCUT2D eigenvalue weighted by Crippen LogP contribution is 2.16. The van der Waals surface area contributed by atoms with Crippen molar-refractivity contribution in [1.82, 2.24) is 15.2 Å². The molecule has 2 heterocycles. The molecule has 1 aromatic rings. The molecule has 22 heavy (non-hydrogen) atoms.